The number of aromatic nitrogens is 3. The van der Waals surface area contributed by atoms with Gasteiger partial charge in [-0.2, -0.15) is 15.0 Å². The van der Waals surface area contributed by atoms with Gasteiger partial charge in [0.1, 0.15) is 11.8 Å². The molecule has 2 heterocycles. The van der Waals surface area contributed by atoms with Gasteiger partial charge in [-0.05, 0) is 19.8 Å². The van der Waals surface area contributed by atoms with Crippen LogP contribution in [0.25, 0.3) is 0 Å². The number of alkyl halides is 1. The first-order valence-corrected chi connectivity index (χ1v) is 5.85. The van der Waals surface area contributed by atoms with Gasteiger partial charge >= 0.3 is 0 Å². The fraction of sp³-hybridized carbons (Fsp3) is 0.778. The second-order valence-electron chi connectivity index (χ2n) is 3.99. The predicted molar refractivity (Wildman–Crippen MR) is 56.3 cm³/mol. The Balaban J connectivity index is 2.09. The summed E-state index contributed by atoms with van der Waals surface area (Å²) in [6, 6.07) is 0. The van der Waals surface area contributed by atoms with Crippen molar-refractivity contribution in [2.24, 2.45) is 7.05 Å². The summed E-state index contributed by atoms with van der Waals surface area (Å²) >= 11 is 3.47. The van der Waals surface area contributed by atoms with Crippen molar-refractivity contribution in [2.45, 2.75) is 31.5 Å². The molecule has 0 aromatic carbocycles. The normalized spacial score (nSPS) is 32.4. The molecule has 0 N–H and O–H groups in total. The number of aryl methyl sites for hydroxylation is 1. The topological polar surface area (TPSA) is 39.9 Å². The molecule has 4 nitrogen and oxygen atoms in total. The number of hydrogen-bond acceptors (Lipinski definition) is 3. The summed E-state index contributed by atoms with van der Waals surface area (Å²) in [5.41, 5.74) is 0.902. The molecule has 0 radical (unpaired) electrons. The summed E-state index contributed by atoms with van der Waals surface area (Å²) in [7, 11) is 1.82. The highest BCUT2D eigenvalue weighted by molar-refractivity contribution is 9.09. The van der Waals surface area contributed by atoms with E-state index in [0.29, 0.717) is 0 Å². The van der Waals surface area contributed by atoms with Crippen LogP contribution in [0, 0.1) is 0 Å². The van der Waals surface area contributed by atoms with Crippen LogP contribution in [0.4, 0.5) is 0 Å². The van der Waals surface area contributed by atoms with Crippen LogP contribution in [-0.4, -0.2) is 25.9 Å². The summed E-state index contributed by atoms with van der Waals surface area (Å²) in [6.45, 7) is 2.12. The smallest absolute Gasteiger partial charge is 0.111 e. The van der Waals surface area contributed by atoms with E-state index in [1.54, 1.807) is 11.0 Å². The van der Waals surface area contributed by atoms with E-state index in [0.717, 1.165) is 23.9 Å². The molecule has 5 heteroatoms. The maximum atomic E-state index is 5.93. The second-order valence-corrected chi connectivity index (χ2v) is 4.55. The fourth-order valence-electron chi connectivity index (χ4n) is 1.71. The minimum absolute atomic E-state index is 0.0395. The highest BCUT2D eigenvalue weighted by Gasteiger charge is 2.36. The molecule has 0 aliphatic carbocycles. The van der Waals surface area contributed by atoms with Crippen LogP contribution in [0.2, 0.25) is 0 Å². The van der Waals surface area contributed by atoms with Crippen molar-refractivity contribution in [3.63, 3.8) is 0 Å². The van der Waals surface area contributed by atoms with E-state index in [2.05, 4.69) is 33.1 Å². The average molecular weight is 260 g/mol. The maximum Gasteiger partial charge on any atom is 0.111 e. The summed E-state index contributed by atoms with van der Waals surface area (Å²) in [4.78, 5) is 1.57. The zero-order chi connectivity index (χ0) is 10.2. The van der Waals surface area contributed by atoms with E-state index >= 15 is 0 Å². The lowest BCUT2D eigenvalue weighted by molar-refractivity contribution is -0.0141. The molecule has 1 aliphatic rings. The first-order chi connectivity index (χ1) is 6.63. The lowest BCUT2D eigenvalue weighted by atomic mass is 10.0. The SMILES string of the molecule is Cn1ncc(C2CCC(C)(CBr)O2)n1. The molecule has 0 saturated carbocycles. The molecule has 1 aromatic rings. The lowest BCUT2D eigenvalue weighted by Crippen LogP contribution is -2.25. The van der Waals surface area contributed by atoms with Crippen LogP contribution in [0.3, 0.4) is 0 Å². The van der Waals surface area contributed by atoms with Crippen molar-refractivity contribution >= 4 is 15.9 Å². The predicted octanol–water partition coefficient (Wildman–Crippen LogP) is 1.82. The van der Waals surface area contributed by atoms with Gasteiger partial charge in [-0.25, -0.2) is 0 Å². The third-order valence-corrected chi connectivity index (χ3v) is 3.78. The van der Waals surface area contributed by atoms with Crippen LogP contribution in [-0.2, 0) is 11.8 Å². The molecule has 1 saturated heterocycles. The minimum Gasteiger partial charge on any atom is -0.365 e. The van der Waals surface area contributed by atoms with Crippen LogP contribution in [0.1, 0.15) is 31.6 Å². The summed E-state index contributed by atoms with van der Waals surface area (Å²) in [5.74, 6) is 0. The molecular formula is C9H14BrN3O. The zero-order valence-electron chi connectivity index (χ0n) is 8.40. The molecular weight excluding hydrogens is 246 g/mol. The molecule has 2 atom stereocenters. The molecule has 1 aromatic heterocycles. The van der Waals surface area contributed by atoms with Gasteiger partial charge < -0.3 is 4.74 Å². The number of ether oxygens (including phenoxy) is 1. The Labute approximate surface area is 91.8 Å². The van der Waals surface area contributed by atoms with Gasteiger partial charge in [0.15, 0.2) is 0 Å². The summed E-state index contributed by atoms with van der Waals surface area (Å²) < 4.78 is 5.93. The van der Waals surface area contributed by atoms with Crippen LogP contribution in [0.15, 0.2) is 6.20 Å². The Morgan fingerprint density at radius 3 is 3.07 bits per heavy atom. The van der Waals surface area contributed by atoms with E-state index in [1.807, 2.05) is 7.05 Å². The molecule has 14 heavy (non-hydrogen) atoms. The van der Waals surface area contributed by atoms with Crippen molar-refractivity contribution < 1.29 is 4.74 Å². The Hall–Kier alpha value is -0.420. The highest BCUT2D eigenvalue weighted by atomic mass is 79.9. The third kappa shape index (κ3) is 1.83. The van der Waals surface area contributed by atoms with Gasteiger partial charge in [0.05, 0.1) is 11.8 Å². The van der Waals surface area contributed by atoms with Crippen molar-refractivity contribution in [3.05, 3.63) is 11.9 Å². The molecule has 1 aliphatic heterocycles. The van der Waals surface area contributed by atoms with Gasteiger partial charge in [0.2, 0.25) is 0 Å². The largest absolute Gasteiger partial charge is 0.365 e. The third-order valence-electron chi connectivity index (χ3n) is 2.59. The molecule has 2 rings (SSSR count). The zero-order valence-corrected chi connectivity index (χ0v) is 9.99. The molecule has 0 spiro atoms. The Kier molecular flexibility index (Phi) is 2.62. The van der Waals surface area contributed by atoms with E-state index in [1.165, 1.54) is 0 Å². The summed E-state index contributed by atoms with van der Waals surface area (Å²) in [6.07, 6.45) is 4.00. The number of halogens is 1. The minimum atomic E-state index is -0.0395. The summed E-state index contributed by atoms with van der Waals surface area (Å²) in [5, 5.41) is 9.18. The van der Waals surface area contributed by atoms with Gasteiger partial charge in [0.25, 0.3) is 0 Å². The quantitative estimate of drug-likeness (QED) is 0.761. The van der Waals surface area contributed by atoms with E-state index in [4.69, 9.17) is 4.74 Å². The molecule has 1 fully saturated rings. The van der Waals surface area contributed by atoms with Crippen molar-refractivity contribution in [1.82, 2.24) is 15.0 Å². The van der Waals surface area contributed by atoms with Gasteiger partial charge in [0, 0.05) is 12.4 Å². The van der Waals surface area contributed by atoms with Gasteiger partial charge in [-0.3, -0.25) is 0 Å². The van der Waals surface area contributed by atoms with Gasteiger partial charge in [-0.1, -0.05) is 15.9 Å². The van der Waals surface area contributed by atoms with Crippen molar-refractivity contribution in [1.29, 1.82) is 0 Å². The standard InChI is InChI=1S/C9H14BrN3O/c1-9(6-10)4-3-8(14-9)7-5-11-13(2)12-7/h5,8H,3-4,6H2,1-2H3. The lowest BCUT2D eigenvalue weighted by Gasteiger charge is -2.21. The Morgan fingerprint density at radius 1 is 1.79 bits per heavy atom. The molecule has 2 unspecified atom stereocenters. The van der Waals surface area contributed by atoms with Crippen molar-refractivity contribution in [2.75, 3.05) is 5.33 Å². The Morgan fingerprint density at radius 2 is 2.57 bits per heavy atom. The molecule has 78 valence electrons. The monoisotopic (exact) mass is 259 g/mol. The first-order valence-electron chi connectivity index (χ1n) is 4.73. The molecule has 0 amide bonds. The van der Waals surface area contributed by atoms with Gasteiger partial charge in [-0.15, -0.1) is 0 Å². The second kappa shape index (κ2) is 3.62. The van der Waals surface area contributed by atoms with Crippen LogP contribution >= 0.6 is 15.9 Å². The number of nitrogens with zero attached hydrogens (tertiary/aromatic N) is 3. The number of rotatable bonds is 2. The first kappa shape index (κ1) is 10.1. The average Bonchev–Trinajstić information content (AvgIpc) is 2.73. The van der Waals surface area contributed by atoms with Crippen LogP contribution < -0.4 is 0 Å². The van der Waals surface area contributed by atoms with Crippen molar-refractivity contribution in [3.8, 4) is 0 Å². The fourth-order valence-corrected chi connectivity index (χ4v) is 2.13. The maximum absolute atomic E-state index is 5.93. The molecule has 0 bridgehead atoms. The van der Waals surface area contributed by atoms with E-state index in [-0.39, 0.29) is 11.7 Å². The Bertz CT molecular complexity index is 328. The van der Waals surface area contributed by atoms with E-state index < -0.39 is 0 Å². The number of hydrogen-bond donors (Lipinski definition) is 0. The van der Waals surface area contributed by atoms with Crippen LogP contribution in [0.5, 0.6) is 0 Å². The highest BCUT2D eigenvalue weighted by Crippen LogP contribution is 2.39. The van der Waals surface area contributed by atoms with E-state index in [9.17, 15) is 0 Å².